The SMILES string of the molecule is CC=CCC(C)C(O)C1C(=O)NC(CC)C(=O)N(C)CC(=O)N(C)C(CC(C)C)C(=O)NC(C(C)C)C(=O)N(C)C(CC(C)C)C(=O)NC(C)C(=O)NC(C)C(=O)N(C)C(CC(C)C)C(=O)N(C)C(CC(C)C)C(=O)N(C)C(C)C(=O)N1C. The summed E-state index contributed by atoms with van der Waals surface area (Å²) < 4.78 is 0. The summed E-state index contributed by atoms with van der Waals surface area (Å²) in [6.07, 6.45) is 3.05. The van der Waals surface area contributed by atoms with Gasteiger partial charge in [0, 0.05) is 49.3 Å². The lowest BCUT2D eigenvalue weighted by atomic mass is 9.92. The molecule has 23 heteroatoms. The van der Waals surface area contributed by atoms with Gasteiger partial charge in [-0.1, -0.05) is 95.2 Å². The summed E-state index contributed by atoms with van der Waals surface area (Å²) in [5.41, 5.74) is 0. The highest BCUT2D eigenvalue weighted by molar-refractivity contribution is 5.99. The molecule has 1 fully saturated rings. The second kappa shape index (κ2) is 34.0. The molecule has 474 valence electrons. The Morgan fingerprint density at radius 3 is 1.36 bits per heavy atom. The second-order valence-electron chi connectivity index (χ2n) is 25.1. The molecule has 11 amide bonds. The van der Waals surface area contributed by atoms with Crippen molar-refractivity contribution in [3.05, 3.63) is 12.2 Å². The smallest absolute Gasteiger partial charge is 0.246 e. The molecule has 1 saturated heterocycles. The van der Waals surface area contributed by atoms with Gasteiger partial charge in [0.1, 0.15) is 60.4 Å². The van der Waals surface area contributed by atoms with Crippen molar-refractivity contribution in [2.45, 2.75) is 216 Å². The summed E-state index contributed by atoms with van der Waals surface area (Å²) >= 11 is 0. The van der Waals surface area contributed by atoms with Crippen molar-refractivity contribution in [1.82, 2.24) is 55.6 Å². The van der Waals surface area contributed by atoms with E-state index in [-0.39, 0.29) is 55.8 Å². The van der Waals surface area contributed by atoms with Crippen LogP contribution in [0, 0.1) is 35.5 Å². The highest BCUT2D eigenvalue weighted by atomic mass is 16.3. The Hall–Kier alpha value is -6.13. The summed E-state index contributed by atoms with van der Waals surface area (Å²) in [5, 5.41) is 22.9. The minimum absolute atomic E-state index is 0.0246. The largest absolute Gasteiger partial charge is 0.390 e. The molecular weight excluding hydrogens is 1070 g/mol. The maximum Gasteiger partial charge on any atom is 0.246 e. The first-order valence-corrected chi connectivity index (χ1v) is 29.7. The fourth-order valence-corrected chi connectivity index (χ4v) is 10.1. The zero-order valence-electron chi connectivity index (χ0n) is 54.5. The highest BCUT2D eigenvalue weighted by Gasteiger charge is 2.44. The first kappa shape index (κ1) is 74.9. The van der Waals surface area contributed by atoms with Gasteiger partial charge in [0.05, 0.1) is 12.6 Å². The molecule has 0 saturated carbocycles. The van der Waals surface area contributed by atoms with Gasteiger partial charge >= 0.3 is 0 Å². The van der Waals surface area contributed by atoms with Gasteiger partial charge in [-0.3, -0.25) is 52.7 Å². The van der Waals surface area contributed by atoms with E-state index >= 15 is 0 Å². The molecule has 12 unspecified atom stereocenters. The van der Waals surface area contributed by atoms with Gasteiger partial charge in [0.15, 0.2) is 0 Å². The predicted octanol–water partition coefficient (Wildman–Crippen LogP) is 2.63. The Bertz CT molecular complexity index is 2270. The Kier molecular flexibility index (Phi) is 30.7. The molecule has 0 aliphatic carbocycles. The Morgan fingerprint density at radius 1 is 0.482 bits per heavy atom. The topological polar surface area (TPSA) is 279 Å². The van der Waals surface area contributed by atoms with E-state index in [9.17, 15) is 57.8 Å². The van der Waals surface area contributed by atoms with Gasteiger partial charge in [-0.15, -0.1) is 0 Å². The number of hydrogen-bond acceptors (Lipinski definition) is 12. The number of rotatable bonds is 14. The molecule has 23 nitrogen and oxygen atoms in total. The lowest BCUT2D eigenvalue weighted by molar-refractivity contribution is -0.156. The fourth-order valence-electron chi connectivity index (χ4n) is 10.1. The Morgan fingerprint density at radius 2 is 0.904 bits per heavy atom. The van der Waals surface area contributed by atoms with Gasteiger partial charge in [-0.2, -0.15) is 0 Å². The number of aliphatic hydroxyl groups excluding tert-OH is 1. The average Bonchev–Trinajstić information content (AvgIpc) is 3.59. The van der Waals surface area contributed by atoms with E-state index in [2.05, 4.69) is 21.3 Å². The normalized spacial score (nSPS) is 27.2. The standard InChI is InChI=1S/C60H107N11O12/c1-24-26-27-38(13)50(73)49-54(77)63-42(25-2)57(80)65(17)32-47(72)67(19)43(28-33(3)4)53(76)64-48(37(11)12)60(83)68(20)44(29-34(5)6)52(75)61-39(14)51(74)62-40(15)55(78)69(21)46(31-36(9)10)59(82)70(22)45(30-35(7)8)58(81)66(18)41(16)56(79)71(49)23/h24,26,33-46,48-50,73H,25,27-32H2,1-23H3,(H,61,75)(H,62,74)(H,63,77)(H,64,76). The minimum atomic E-state index is -1.60. The maximum atomic E-state index is 14.8. The van der Waals surface area contributed by atoms with E-state index in [1.165, 1.54) is 94.6 Å². The van der Waals surface area contributed by atoms with Gasteiger partial charge in [-0.25, -0.2) is 0 Å². The van der Waals surface area contributed by atoms with Crippen LogP contribution in [0.5, 0.6) is 0 Å². The Labute approximate surface area is 496 Å². The minimum Gasteiger partial charge on any atom is -0.390 e. The first-order chi connectivity index (χ1) is 38.3. The van der Waals surface area contributed by atoms with Crippen molar-refractivity contribution in [3.63, 3.8) is 0 Å². The lowest BCUT2D eigenvalue weighted by Gasteiger charge is -2.40. The average molecular weight is 1170 g/mol. The fraction of sp³-hybridized carbons (Fsp3) is 0.783. The second-order valence-corrected chi connectivity index (χ2v) is 25.1. The predicted molar refractivity (Wildman–Crippen MR) is 319 cm³/mol. The molecule has 1 aliphatic heterocycles. The summed E-state index contributed by atoms with van der Waals surface area (Å²) in [6, 6.07) is -12.3. The third kappa shape index (κ3) is 21.2. The molecule has 1 heterocycles. The van der Waals surface area contributed by atoms with E-state index in [0.717, 1.165) is 9.80 Å². The number of allylic oxidation sites excluding steroid dienone is 2. The summed E-state index contributed by atoms with van der Waals surface area (Å²) in [6.45, 7) is 27.3. The monoisotopic (exact) mass is 1170 g/mol. The number of likely N-dealkylation sites (N-methyl/N-ethyl adjacent to an activating group) is 7. The van der Waals surface area contributed by atoms with Crippen molar-refractivity contribution in [3.8, 4) is 0 Å². The molecule has 0 radical (unpaired) electrons. The zero-order valence-corrected chi connectivity index (χ0v) is 54.5. The molecule has 5 N–H and O–H groups in total. The first-order valence-electron chi connectivity index (χ1n) is 29.7. The van der Waals surface area contributed by atoms with Crippen molar-refractivity contribution >= 4 is 65.0 Å². The van der Waals surface area contributed by atoms with Crippen LogP contribution >= 0.6 is 0 Å². The van der Waals surface area contributed by atoms with Crippen LogP contribution in [0.15, 0.2) is 12.2 Å². The van der Waals surface area contributed by atoms with Crippen LogP contribution in [0.2, 0.25) is 0 Å². The van der Waals surface area contributed by atoms with Gasteiger partial charge in [0.25, 0.3) is 0 Å². The van der Waals surface area contributed by atoms with Gasteiger partial charge < -0.3 is 60.7 Å². The van der Waals surface area contributed by atoms with Crippen LogP contribution in [0.1, 0.15) is 149 Å². The van der Waals surface area contributed by atoms with Crippen LogP contribution in [-0.2, 0) is 52.7 Å². The zero-order chi connectivity index (χ0) is 64.4. The molecule has 0 aromatic rings. The summed E-state index contributed by atoms with van der Waals surface area (Å²) in [4.78, 5) is 167. The lowest BCUT2D eigenvalue weighted by Crippen LogP contribution is -2.62. The van der Waals surface area contributed by atoms with E-state index < -0.39 is 150 Å². The van der Waals surface area contributed by atoms with Crippen LogP contribution in [0.25, 0.3) is 0 Å². The number of aliphatic hydroxyl groups is 1. The van der Waals surface area contributed by atoms with E-state index in [1.54, 1.807) is 46.8 Å². The van der Waals surface area contributed by atoms with Crippen molar-refractivity contribution in [2.24, 2.45) is 35.5 Å². The number of amides is 11. The molecule has 0 aromatic carbocycles. The molecule has 12 atom stereocenters. The van der Waals surface area contributed by atoms with E-state index in [1.807, 2.05) is 55.4 Å². The molecule has 83 heavy (non-hydrogen) atoms. The van der Waals surface area contributed by atoms with Crippen LogP contribution in [0.4, 0.5) is 0 Å². The third-order valence-electron chi connectivity index (χ3n) is 15.7. The van der Waals surface area contributed by atoms with Gasteiger partial charge in [0.2, 0.25) is 65.0 Å². The van der Waals surface area contributed by atoms with Crippen molar-refractivity contribution < 1.29 is 57.8 Å². The molecule has 1 rings (SSSR count). The molecule has 0 spiro atoms. The number of carbonyl (C=O) groups excluding carboxylic acids is 11. The number of hydrogen-bond donors (Lipinski definition) is 5. The summed E-state index contributed by atoms with van der Waals surface area (Å²) in [5.74, 6) is -9.15. The van der Waals surface area contributed by atoms with E-state index in [0.29, 0.717) is 6.42 Å². The van der Waals surface area contributed by atoms with Crippen LogP contribution in [0.3, 0.4) is 0 Å². The Balaban J connectivity index is 4.23. The molecule has 1 aliphatic rings. The van der Waals surface area contributed by atoms with Crippen LogP contribution in [-0.4, -0.2) is 227 Å². The van der Waals surface area contributed by atoms with Gasteiger partial charge in [-0.05, 0) is 102 Å². The quantitative estimate of drug-likeness (QED) is 0.157. The number of nitrogens with one attached hydrogen (secondary N) is 4. The molecule has 0 bridgehead atoms. The van der Waals surface area contributed by atoms with Crippen molar-refractivity contribution in [2.75, 3.05) is 55.9 Å². The maximum absolute atomic E-state index is 14.8. The van der Waals surface area contributed by atoms with Crippen LogP contribution < -0.4 is 21.3 Å². The van der Waals surface area contributed by atoms with E-state index in [4.69, 9.17) is 0 Å². The summed E-state index contributed by atoms with van der Waals surface area (Å²) in [7, 11) is 9.82. The number of carbonyl (C=O) groups is 11. The number of nitrogens with zero attached hydrogens (tertiary/aromatic N) is 7. The molecular formula is C60H107N11O12. The third-order valence-corrected chi connectivity index (χ3v) is 15.7. The van der Waals surface area contributed by atoms with Crippen molar-refractivity contribution in [1.29, 1.82) is 0 Å². The molecule has 0 aromatic heterocycles. The highest BCUT2D eigenvalue weighted by Crippen LogP contribution is 2.24.